The maximum absolute atomic E-state index is 13.2. The van der Waals surface area contributed by atoms with Gasteiger partial charge >= 0.3 is 0 Å². The van der Waals surface area contributed by atoms with Crippen LogP contribution >= 0.6 is 0 Å². The summed E-state index contributed by atoms with van der Waals surface area (Å²) < 4.78 is 38.8. The lowest BCUT2D eigenvalue weighted by Gasteiger charge is -2.28. The van der Waals surface area contributed by atoms with Gasteiger partial charge in [-0.3, -0.25) is 13.9 Å². The zero-order valence-electron chi connectivity index (χ0n) is 17.6. The Bertz CT molecular complexity index is 1030. The zero-order chi connectivity index (χ0) is 22.7. The lowest BCUT2D eigenvalue weighted by Crippen LogP contribution is -2.45. The Morgan fingerprint density at radius 1 is 1.03 bits per heavy atom. The summed E-state index contributed by atoms with van der Waals surface area (Å²) >= 11 is 0. The first kappa shape index (κ1) is 23.3. The van der Waals surface area contributed by atoms with Crippen LogP contribution < -0.4 is 14.9 Å². The van der Waals surface area contributed by atoms with Gasteiger partial charge in [-0.2, -0.15) is 0 Å². The number of anilines is 2. The second kappa shape index (κ2) is 8.83. The van der Waals surface area contributed by atoms with Gasteiger partial charge in [0.05, 0.1) is 23.2 Å². The van der Waals surface area contributed by atoms with Gasteiger partial charge in [0.25, 0.3) is 5.91 Å². The number of halogens is 1. The van der Waals surface area contributed by atoms with Crippen molar-refractivity contribution in [2.24, 2.45) is 0 Å². The predicted molar refractivity (Wildman–Crippen MR) is 115 cm³/mol. The van der Waals surface area contributed by atoms with Gasteiger partial charge in [-0.15, -0.1) is 0 Å². The number of para-hydroxylation sites is 1. The van der Waals surface area contributed by atoms with E-state index in [9.17, 15) is 22.4 Å². The molecule has 0 bridgehead atoms. The first-order chi connectivity index (χ1) is 13.8. The van der Waals surface area contributed by atoms with Crippen molar-refractivity contribution in [1.29, 1.82) is 0 Å². The van der Waals surface area contributed by atoms with Crippen LogP contribution in [0.3, 0.4) is 0 Å². The van der Waals surface area contributed by atoms with Crippen LogP contribution in [0.15, 0.2) is 48.5 Å². The fourth-order valence-corrected chi connectivity index (χ4v) is 4.01. The van der Waals surface area contributed by atoms with Crippen molar-refractivity contribution in [3.8, 4) is 0 Å². The van der Waals surface area contributed by atoms with Crippen LogP contribution in [0, 0.1) is 5.82 Å². The molecule has 9 heteroatoms. The van der Waals surface area contributed by atoms with Crippen LogP contribution in [0.25, 0.3) is 0 Å². The third kappa shape index (κ3) is 6.03. The molecule has 2 amide bonds. The molecular formula is C21H26FN3O4S. The van der Waals surface area contributed by atoms with Gasteiger partial charge < -0.3 is 10.6 Å². The Kier molecular flexibility index (Phi) is 6.87. The molecule has 0 saturated heterocycles. The number of benzene rings is 2. The van der Waals surface area contributed by atoms with E-state index in [4.69, 9.17) is 0 Å². The SMILES string of the molecule is CC(C(=O)Nc1ccccc1C(=O)NC(C)(C)C)N(c1ccc(F)cc1)S(C)(=O)=O. The number of hydrogen-bond donors (Lipinski definition) is 2. The molecule has 7 nitrogen and oxygen atoms in total. The molecule has 0 saturated carbocycles. The largest absolute Gasteiger partial charge is 0.347 e. The van der Waals surface area contributed by atoms with E-state index >= 15 is 0 Å². The summed E-state index contributed by atoms with van der Waals surface area (Å²) in [6.07, 6.45) is 0.963. The van der Waals surface area contributed by atoms with Crippen molar-refractivity contribution in [2.75, 3.05) is 15.9 Å². The highest BCUT2D eigenvalue weighted by atomic mass is 32.2. The van der Waals surface area contributed by atoms with Crippen LogP contribution in [0.4, 0.5) is 15.8 Å². The average Bonchev–Trinajstić information content (AvgIpc) is 2.61. The Morgan fingerprint density at radius 2 is 1.60 bits per heavy atom. The summed E-state index contributed by atoms with van der Waals surface area (Å²) in [5.41, 5.74) is 0.182. The highest BCUT2D eigenvalue weighted by Gasteiger charge is 2.30. The molecule has 2 aromatic rings. The highest BCUT2D eigenvalue weighted by Crippen LogP contribution is 2.23. The molecule has 0 radical (unpaired) electrons. The molecule has 30 heavy (non-hydrogen) atoms. The first-order valence-electron chi connectivity index (χ1n) is 9.27. The van der Waals surface area contributed by atoms with Crippen LogP contribution in [0.2, 0.25) is 0 Å². The van der Waals surface area contributed by atoms with Crippen molar-refractivity contribution >= 4 is 33.2 Å². The molecule has 0 aromatic heterocycles. The molecule has 0 aliphatic carbocycles. The summed E-state index contributed by atoms with van der Waals surface area (Å²) in [5.74, 6) is -1.53. The Hall–Kier alpha value is -2.94. The molecule has 0 aliphatic rings. The first-order valence-corrected chi connectivity index (χ1v) is 11.1. The van der Waals surface area contributed by atoms with Gasteiger partial charge in [-0.1, -0.05) is 12.1 Å². The zero-order valence-corrected chi connectivity index (χ0v) is 18.4. The maximum atomic E-state index is 13.2. The Labute approximate surface area is 176 Å². The van der Waals surface area contributed by atoms with Gasteiger partial charge in [0.2, 0.25) is 15.9 Å². The second-order valence-electron chi connectivity index (χ2n) is 7.95. The van der Waals surface area contributed by atoms with E-state index in [1.807, 2.05) is 20.8 Å². The molecule has 0 fully saturated rings. The van der Waals surface area contributed by atoms with Gasteiger partial charge in [-0.25, -0.2) is 12.8 Å². The van der Waals surface area contributed by atoms with Crippen LogP contribution in [0.1, 0.15) is 38.1 Å². The summed E-state index contributed by atoms with van der Waals surface area (Å²) in [6.45, 7) is 6.92. The van der Waals surface area contributed by atoms with Gasteiger partial charge in [0, 0.05) is 5.54 Å². The molecule has 0 aliphatic heterocycles. The molecule has 1 unspecified atom stereocenters. The minimum Gasteiger partial charge on any atom is -0.347 e. The van der Waals surface area contributed by atoms with Crippen LogP contribution in [-0.4, -0.2) is 38.1 Å². The summed E-state index contributed by atoms with van der Waals surface area (Å²) in [6, 6.07) is 10.1. The van der Waals surface area contributed by atoms with E-state index in [1.165, 1.54) is 19.1 Å². The molecule has 162 valence electrons. The molecular weight excluding hydrogens is 409 g/mol. The number of sulfonamides is 1. The number of rotatable bonds is 6. The molecule has 2 rings (SSSR count). The third-order valence-electron chi connectivity index (χ3n) is 4.09. The highest BCUT2D eigenvalue weighted by molar-refractivity contribution is 7.92. The summed E-state index contributed by atoms with van der Waals surface area (Å²) in [5, 5.41) is 5.46. The maximum Gasteiger partial charge on any atom is 0.253 e. The number of amides is 2. The van der Waals surface area contributed by atoms with E-state index in [2.05, 4.69) is 10.6 Å². The molecule has 0 heterocycles. The number of nitrogens with one attached hydrogen (secondary N) is 2. The van der Waals surface area contributed by atoms with Crippen molar-refractivity contribution < 1.29 is 22.4 Å². The lowest BCUT2D eigenvalue weighted by atomic mass is 10.1. The van der Waals surface area contributed by atoms with Crippen LogP contribution in [-0.2, 0) is 14.8 Å². The Morgan fingerprint density at radius 3 is 2.13 bits per heavy atom. The predicted octanol–water partition coefficient (Wildman–Crippen LogP) is 3.15. The second-order valence-corrected chi connectivity index (χ2v) is 9.81. The minimum absolute atomic E-state index is 0.153. The van der Waals surface area contributed by atoms with E-state index in [1.54, 1.807) is 24.3 Å². The number of carbonyl (C=O) groups excluding carboxylic acids is 2. The van der Waals surface area contributed by atoms with Crippen molar-refractivity contribution in [3.63, 3.8) is 0 Å². The van der Waals surface area contributed by atoms with Crippen molar-refractivity contribution in [1.82, 2.24) is 5.32 Å². The number of nitrogens with zero attached hydrogens (tertiary/aromatic N) is 1. The quantitative estimate of drug-likeness (QED) is 0.729. The minimum atomic E-state index is -3.85. The molecule has 1 atom stereocenters. The fraction of sp³-hybridized carbons (Fsp3) is 0.333. The standard InChI is InChI=1S/C21H26FN3O4S/c1-14(25(30(5,28)29)16-12-10-15(22)11-13-16)19(26)23-18-9-7-6-8-17(18)20(27)24-21(2,3)4/h6-14H,1-5H3,(H,23,26)(H,24,27). The van der Waals surface area contributed by atoms with Gasteiger partial charge in [0.1, 0.15) is 11.9 Å². The van der Waals surface area contributed by atoms with Gasteiger partial charge in [-0.05, 0) is 64.1 Å². The number of carbonyl (C=O) groups is 2. The molecule has 2 N–H and O–H groups in total. The van der Waals surface area contributed by atoms with Crippen LogP contribution in [0.5, 0.6) is 0 Å². The third-order valence-corrected chi connectivity index (χ3v) is 5.33. The van der Waals surface area contributed by atoms with E-state index < -0.39 is 33.3 Å². The molecule has 0 spiro atoms. The lowest BCUT2D eigenvalue weighted by molar-refractivity contribution is -0.116. The summed E-state index contributed by atoms with van der Waals surface area (Å²) in [4.78, 5) is 25.5. The normalized spacial score (nSPS) is 12.7. The topological polar surface area (TPSA) is 95.6 Å². The number of hydrogen-bond acceptors (Lipinski definition) is 4. The van der Waals surface area contributed by atoms with Gasteiger partial charge in [0.15, 0.2) is 0 Å². The smallest absolute Gasteiger partial charge is 0.253 e. The average molecular weight is 436 g/mol. The van der Waals surface area contributed by atoms with Crippen molar-refractivity contribution in [3.05, 3.63) is 59.9 Å². The molecule has 2 aromatic carbocycles. The van der Waals surface area contributed by atoms with E-state index in [0.717, 1.165) is 22.7 Å². The van der Waals surface area contributed by atoms with E-state index in [-0.39, 0.29) is 22.8 Å². The van der Waals surface area contributed by atoms with E-state index in [0.29, 0.717) is 0 Å². The summed E-state index contributed by atoms with van der Waals surface area (Å²) in [7, 11) is -3.85. The Balaban J connectivity index is 2.32. The van der Waals surface area contributed by atoms with Crippen molar-refractivity contribution in [2.45, 2.75) is 39.3 Å². The monoisotopic (exact) mass is 435 g/mol. The fourth-order valence-electron chi connectivity index (χ4n) is 2.83.